The first-order valence-corrected chi connectivity index (χ1v) is 10.7. The number of rotatable bonds is 18. The fraction of sp³-hybridized carbons (Fsp3) is 0.773. The van der Waals surface area contributed by atoms with Gasteiger partial charge in [0.15, 0.2) is 0 Å². The van der Waals surface area contributed by atoms with E-state index in [0.717, 1.165) is 18.9 Å². The van der Waals surface area contributed by atoms with Gasteiger partial charge in [0, 0.05) is 18.6 Å². The number of ether oxygens (including phenoxy) is 1. The average Bonchev–Trinajstić information content (AvgIpc) is 2.63. The third-order valence-electron chi connectivity index (χ3n) is 4.56. The minimum atomic E-state index is -1.25. The second kappa shape index (κ2) is 22.9. The fourth-order valence-corrected chi connectivity index (χ4v) is 2.98. The Balaban J connectivity index is 0. The number of carbonyl (C=O) groups is 3. The Kier molecular flexibility index (Phi) is 24.4. The first-order chi connectivity index (χ1) is 13.1. The van der Waals surface area contributed by atoms with Gasteiger partial charge < -0.3 is 9.84 Å². The van der Waals surface area contributed by atoms with Gasteiger partial charge in [0.2, 0.25) is 0 Å². The van der Waals surface area contributed by atoms with Crippen molar-refractivity contribution in [2.24, 2.45) is 0 Å². The van der Waals surface area contributed by atoms with E-state index in [1.54, 1.807) is 0 Å². The van der Waals surface area contributed by atoms with Gasteiger partial charge in [-0.15, -0.1) is 0 Å². The second-order valence-corrected chi connectivity index (χ2v) is 7.16. The van der Waals surface area contributed by atoms with E-state index in [-0.39, 0.29) is 44.2 Å². The molecule has 0 fully saturated rings. The summed E-state index contributed by atoms with van der Waals surface area (Å²) in [5.74, 6) is -2.77. The van der Waals surface area contributed by atoms with Crippen molar-refractivity contribution in [3.63, 3.8) is 0 Å². The minimum absolute atomic E-state index is 0. The predicted molar refractivity (Wildman–Crippen MR) is 116 cm³/mol. The van der Waals surface area contributed by atoms with Gasteiger partial charge >= 0.3 is 55.6 Å². The molecule has 0 aromatic carbocycles. The summed E-state index contributed by atoms with van der Waals surface area (Å²) in [7, 11) is 0. The summed E-state index contributed by atoms with van der Waals surface area (Å²) in [5, 5.41) is 8.37. The fourth-order valence-electron chi connectivity index (χ4n) is 2.98. The zero-order valence-electron chi connectivity index (χ0n) is 17.0. The van der Waals surface area contributed by atoms with Crippen molar-refractivity contribution in [2.75, 3.05) is 0 Å². The molecule has 1 N–H and O–H groups in total. The van der Waals surface area contributed by atoms with Gasteiger partial charge in [-0.25, -0.2) is 9.59 Å². The van der Waals surface area contributed by atoms with Crippen molar-refractivity contribution in [2.45, 2.75) is 110 Å². The summed E-state index contributed by atoms with van der Waals surface area (Å²) in [6, 6.07) is 0. The molecule has 0 radical (unpaired) electrons. The first kappa shape index (κ1) is 29.8. The third-order valence-corrected chi connectivity index (χ3v) is 4.56. The van der Waals surface area contributed by atoms with E-state index in [4.69, 9.17) is 5.11 Å². The van der Waals surface area contributed by atoms with Crippen molar-refractivity contribution in [3.8, 4) is 0 Å². The summed E-state index contributed by atoms with van der Waals surface area (Å²) in [6.45, 7) is 2.25. The second-order valence-electron chi connectivity index (χ2n) is 7.16. The van der Waals surface area contributed by atoms with E-state index in [9.17, 15) is 14.4 Å². The van der Waals surface area contributed by atoms with E-state index in [1.165, 1.54) is 77.0 Å². The molecule has 0 aliphatic heterocycles. The van der Waals surface area contributed by atoms with Gasteiger partial charge in [-0.05, 0) is 6.42 Å². The Morgan fingerprint density at radius 1 is 0.679 bits per heavy atom. The van der Waals surface area contributed by atoms with Crippen LogP contribution in [0.3, 0.4) is 0 Å². The van der Waals surface area contributed by atoms with Crippen LogP contribution in [0.5, 0.6) is 0 Å². The van der Waals surface area contributed by atoms with Gasteiger partial charge in [-0.1, -0.05) is 96.8 Å². The van der Waals surface area contributed by atoms with Crippen molar-refractivity contribution < 1.29 is 24.2 Å². The van der Waals surface area contributed by atoms with Crippen LogP contribution in [0.4, 0.5) is 0 Å². The Labute approximate surface area is 200 Å². The maximum absolute atomic E-state index is 11.4. The van der Waals surface area contributed by atoms with Crippen molar-refractivity contribution in [1.82, 2.24) is 0 Å². The van der Waals surface area contributed by atoms with Crippen molar-refractivity contribution in [1.29, 1.82) is 0 Å². The zero-order chi connectivity index (χ0) is 20.2. The van der Waals surface area contributed by atoms with Crippen molar-refractivity contribution >= 4 is 55.6 Å². The molecule has 0 amide bonds. The molecule has 0 spiro atoms. The zero-order valence-corrected chi connectivity index (χ0v) is 17.0. The van der Waals surface area contributed by atoms with Gasteiger partial charge in [-0.3, -0.25) is 4.79 Å². The molecule has 0 unspecified atom stereocenters. The molecule has 0 bridgehead atoms. The van der Waals surface area contributed by atoms with Crippen LogP contribution in [0.15, 0.2) is 12.2 Å². The van der Waals surface area contributed by atoms with E-state index >= 15 is 0 Å². The molecule has 0 aromatic heterocycles. The number of carbonyl (C=O) groups excluding carboxylic acids is 2. The van der Waals surface area contributed by atoms with Crippen LogP contribution in [0.1, 0.15) is 110 Å². The molecule has 160 valence electrons. The van der Waals surface area contributed by atoms with Crippen LogP contribution in [0, 0.1) is 0 Å². The van der Waals surface area contributed by atoms with Crippen LogP contribution >= 0.6 is 0 Å². The number of carboxylic acid groups (broad SMARTS) is 1. The Morgan fingerprint density at radius 2 is 1.07 bits per heavy atom. The monoisotopic (exact) mass is 424 g/mol. The van der Waals surface area contributed by atoms with Crippen LogP contribution in [-0.2, 0) is 19.1 Å². The van der Waals surface area contributed by atoms with E-state index in [0.29, 0.717) is 12.5 Å². The number of hydrogen-bond donors (Lipinski definition) is 1. The number of unbranched alkanes of at least 4 members (excludes halogenated alkanes) is 14. The molecule has 28 heavy (non-hydrogen) atoms. The first-order valence-electron chi connectivity index (χ1n) is 10.7. The molecule has 0 saturated carbocycles. The molecule has 0 atom stereocenters. The molecule has 6 heteroatoms. The third kappa shape index (κ3) is 23.6. The molecular formula is C22H40CaO5. The summed E-state index contributed by atoms with van der Waals surface area (Å²) in [6.07, 6.45) is 20.4. The Bertz CT molecular complexity index is 435. The molecule has 5 nitrogen and oxygen atoms in total. The predicted octanol–water partition coefficient (Wildman–Crippen LogP) is 5.04. The summed E-state index contributed by atoms with van der Waals surface area (Å²) in [4.78, 5) is 32.8. The number of carboxylic acids is 1. The Morgan fingerprint density at radius 3 is 1.46 bits per heavy atom. The van der Waals surface area contributed by atoms with Gasteiger partial charge in [0.05, 0.1) is 0 Å². The molecule has 0 aromatic rings. The molecule has 0 rings (SSSR count). The van der Waals surface area contributed by atoms with Crippen LogP contribution in [0.25, 0.3) is 0 Å². The SMILES string of the molecule is CCCCCCCCCCCCCCCCCC(=O)OC(=O)C=CC(=O)O.[CaH2]. The topological polar surface area (TPSA) is 80.7 Å². The van der Waals surface area contributed by atoms with Gasteiger partial charge in [0.25, 0.3) is 0 Å². The molecule has 0 aliphatic carbocycles. The molecular weight excluding hydrogens is 384 g/mol. The Hall–Kier alpha value is -0.390. The number of hydrogen-bond acceptors (Lipinski definition) is 4. The van der Waals surface area contributed by atoms with Crippen LogP contribution < -0.4 is 0 Å². The van der Waals surface area contributed by atoms with Crippen molar-refractivity contribution in [3.05, 3.63) is 12.2 Å². The molecule has 0 heterocycles. The quantitative estimate of drug-likeness (QED) is 0.110. The normalized spacial score (nSPS) is 10.6. The summed E-state index contributed by atoms with van der Waals surface area (Å²) < 4.78 is 4.49. The number of aliphatic carboxylic acids is 1. The molecule has 0 aliphatic rings. The summed E-state index contributed by atoms with van der Waals surface area (Å²) >= 11 is 0. The summed E-state index contributed by atoms with van der Waals surface area (Å²) in [5.41, 5.74) is 0. The van der Waals surface area contributed by atoms with E-state index < -0.39 is 17.9 Å². The maximum atomic E-state index is 11.4. The van der Waals surface area contributed by atoms with Gasteiger partial charge in [0.1, 0.15) is 0 Å². The van der Waals surface area contributed by atoms with E-state index in [2.05, 4.69) is 11.7 Å². The average molecular weight is 425 g/mol. The van der Waals surface area contributed by atoms with E-state index in [1.807, 2.05) is 0 Å². The molecule has 0 saturated heterocycles. The van der Waals surface area contributed by atoms with Crippen LogP contribution in [-0.4, -0.2) is 60.8 Å². The number of esters is 2. The van der Waals surface area contributed by atoms with Crippen LogP contribution in [0.2, 0.25) is 0 Å². The standard InChI is InChI=1S/C22H38O5.Ca.2H/c1-2-3-4-5-6-7-8-9-10-11-12-13-14-15-16-17-21(25)27-22(26)19-18-20(23)24;;;/h18-19H,2-17H2,1H3,(H,23,24);;;. The van der Waals surface area contributed by atoms with Gasteiger partial charge in [-0.2, -0.15) is 0 Å².